The first-order valence-electron chi connectivity index (χ1n) is 8.65. The maximum atomic E-state index is 12.7. The third-order valence-corrected chi connectivity index (χ3v) is 3.64. The van der Waals surface area contributed by atoms with Crippen LogP contribution in [0.2, 0.25) is 0 Å². The molecule has 0 spiro atoms. The zero-order valence-electron chi connectivity index (χ0n) is 16.0. The van der Waals surface area contributed by atoms with Gasteiger partial charge in [0.15, 0.2) is 0 Å². The quantitative estimate of drug-likeness (QED) is 0.845. The summed E-state index contributed by atoms with van der Waals surface area (Å²) in [5, 5.41) is 5.36. The van der Waals surface area contributed by atoms with E-state index in [1.54, 1.807) is 27.8 Å². The van der Waals surface area contributed by atoms with Gasteiger partial charge in [0.2, 0.25) is 11.5 Å². The number of aryl methyl sites for hydroxylation is 1. The van der Waals surface area contributed by atoms with E-state index in [-0.39, 0.29) is 5.56 Å². The molecular formula is C20H25N3O4. The lowest BCUT2D eigenvalue weighted by atomic mass is 10.1. The second-order valence-corrected chi connectivity index (χ2v) is 7.24. The van der Waals surface area contributed by atoms with Crippen LogP contribution in [0.3, 0.4) is 0 Å². The molecule has 2 amide bonds. The maximum absolute atomic E-state index is 12.7. The van der Waals surface area contributed by atoms with Crippen LogP contribution < -0.4 is 16.2 Å². The monoisotopic (exact) mass is 371 g/mol. The molecule has 0 unspecified atom stereocenters. The highest BCUT2D eigenvalue weighted by molar-refractivity contribution is 5.96. The van der Waals surface area contributed by atoms with Crippen LogP contribution in [-0.2, 0) is 23.0 Å². The van der Waals surface area contributed by atoms with Crippen molar-refractivity contribution in [2.24, 2.45) is 7.05 Å². The van der Waals surface area contributed by atoms with Gasteiger partial charge in [-0.1, -0.05) is 30.3 Å². The summed E-state index contributed by atoms with van der Waals surface area (Å²) in [5.74, 6) is -0.400. The first-order chi connectivity index (χ1) is 12.6. The number of nitrogens with zero attached hydrogens (tertiary/aromatic N) is 1. The molecule has 0 aliphatic rings. The van der Waals surface area contributed by atoms with E-state index in [1.807, 2.05) is 30.3 Å². The first kappa shape index (κ1) is 20.2. The summed E-state index contributed by atoms with van der Waals surface area (Å²) in [6, 6.07) is 11.4. The van der Waals surface area contributed by atoms with Gasteiger partial charge >= 0.3 is 6.09 Å². The van der Waals surface area contributed by atoms with Crippen LogP contribution in [0.1, 0.15) is 26.3 Å². The molecular weight excluding hydrogens is 346 g/mol. The summed E-state index contributed by atoms with van der Waals surface area (Å²) in [4.78, 5) is 36.4. The van der Waals surface area contributed by atoms with Crippen LogP contribution in [0.5, 0.6) is 0 Å². The standard InChI is InChI=1S/C20H25N3O4/c1-20(2,3)27-19(26)22-16(12-14-8-6-5-7-9-14)18(25)21-15-10-11-17(24)23(4)13-15/h5-11,13,16H,12H2,1-4H3,(H,21,25)(H,22,26)/t16-/m0/s1. The van der Waals surface area contributed by atoms with Crippen molar-refractivity contribution >= 4 is 17.7 Å². The molecule has 1 heterocycles. The number of amides is 2. The van der Waals surface area contributed by atoms with Gasteiger partial charge in [-0.25, -0.2) is 4.79 Å². The summed E-state index contributed by atoms with van der Waals surface area (Å²) in [5.41, 5.74) is 0.510. The molecule has 2 N–H and O–H groups in total. The average molecular weight is 371 g/mol. The number of aromatic nitrogens is 1. The molecule has 1 aromatic carbocycles. The Bertz CT molecular complexity index is 854. The van der Waals surface area contributed by atoms with E-state index in [0.717, 1.165) is 5.56 Å². The molecule has 7 nitrogen and oxygen atoms in total. The van der Waals surface area contributed by atoms with Gasteiger partial charge in [0.05, 0.1) is 5.69 Å². The summed E-state index contributed by atoms with van der Waals surface area (Å²) in [6.07, 6.45) is 1.16. The van der Waals surface area contributed by atoms with Gasteiger partial charge in [-0.15, -0.1) is 0 Å². The van der Waals surface area contributed by atoms with E-state index in [4.69, 9.17) is 4.74 Å². The highest BCUT2D eigenvalue weighted by Gasteiger charge is 2.25. The molecule has 0 saturated heterocycles. The second kappa shape index (κ2) is 8.53. The lowest BCUT2D eigenvalue weighted by Crippen LogP contribution is -2.47. The number of anilines is 1. The van der Waals surface area contributed by atoms with E-state index < -0.39 is 23.6 Å². The lowest BCUT2D eigenvalue weighted by Gasteiger charge is -2.23. The Hall–Kier alpha value is -3.09. The molecule has 1 aromatic heterocycles. The Labute approximate surface area is 158 Å². The van der Waals surface area contributed by atoms with Gasteiger partial charge < -0.3 is 19.9 Å². The van der Waals surface area contributed by atoms with E-state index in [0.29, 0.717) is 12.1 Å². The molecule has 0 aliphatic heterocycles. The minimum absolute atomic E-state index is 0.180. The molecule has 0 bridgehead atoms. The number of hydrogen-bond acceptors (Lipinski definition) is 4. The Morgan fingerprint density at radius 3 is 2.37 bits per heavy atom. The molecule has 0 aliphatic carbocycles. The van der Waals surface area contributed by atoms with Crippen LogP contribution in [0, 0.1) is 0 Å². The van der Waals surface area contributed by atoms with Crippen LogP contribution in [0.4, 0.5) is 10.5 Å². The molecule has 0 fully saturated rings. The molecule has 1 atom stereocenters. The number of alkyl carbamates (subject to hydrolysis) is 1. The van der Waals surface area contributed by atoms with Gasteiger partial charge in [0, 0.05) is 25.7 Å². The van der Waals surface area contributed by atoms with E-state index in [2.05, 4.69) is 10.6 Å². The fourth-order valence-electron chi connectivity index (χ4n) is 2.41. The van der Waals surface area contributed by atoms with Crippen molar-refractivity contribution < 1.29 is 14.3 Å². The van der Waals surface area contributed by atoms with E-state index >= 15 is 0 Å². The Morgan fingerprint density at radius 2 is 1.78 bits per heavy atom. The molecule has 2 rings (SSSR count). The van der Waals surface area contributed by atoms with Crippen LogP contribution in [0.15, 0.2) is 53.5 Å². The Kier molecular flexibility index (Phi) is 6.39. The van der Waals surface area contributed by atoms with Crippen molar-refractivity contribution in [3.05, 3.63) is 64.6 Å². The highest BCUT2D eigenvalue weighted by Crippen LogP contribution is 2.10. The highest BCUT2D eigenvalue weighted by atomic mass is 16.6. The van der Waals surface area contributed by atoms with Gasteiger partial charge in [0.25, 0.3) is 0 Å². The minimum atomic E-state index is -0.834. The van der Waals surface area contributed by atoms with Crippen LogP contribution in [-0.4, -0.2) is 28.2 Å². The minimum Gasteiger partial charge on any atom is -0.444 e. The fourth-order valence-corrected chi connectivity index (χ4v) is 2.41. The first-order valence-corrected chi connectivity index (χ1v) is 8.65. The topological polar surface area (TPSA) is 89.4 Å². The third-order valence-electron chi connectivity index (χ3n) is 3.64. The predicted molar refractivity (Wildman–Crippen MR) is 104 cm³/mol. The zero-order valence-corrected chi connectivity index (χ0v) is 16.0. The summed E-state index contributed by atoms with van der Waals surface area (Å²) in [6.45, 7) is 5.26. The third kappa shape index (κ3) is 6.62. The smallest absolute Gasteiger partial charge is 0.408 e. The van der Waals surface area contributed by atoms with E-state index in [9.17, 15) is 14.4 Å². The molecule has 144 valence electrons. The second-order valence-electron chi connectivity index (χ2n) is 7.24. The zero-order chi connectivity index (χ0) is 20.0. The number of rotatable bonds is 5. The fraction of sp³-hybridized carbons (Fsp3) is 0.350. The van der Waals surface area contributed by atoms with Gasteiger partial charge in [-0.2, -0.15) is 0 Å². The van der Waals surface area contributed by atoms with Crippen molar-refractivity contribution in [3.63, 3.8) is 0 Å². The van der Waals surface area contributed by atoms with Crippen molar-refractivity contribution in [1.82, 2.24) is 9.88 Å². The Balaban J connectivity index is 2.16. The van der Waals surface area contributed by atoms with Gasteiger partial charge in [-0.05, 0) is 32.4 Å². The molecule has 7 heteroatoms. The van der Waals surface area contributed by atoms with Gasteiger partial charge in [-0.3, -0.25) is 9.59 Å². The Morgan fingerprint density at radius 1 is 1.11 bits per heavy atom. The molecule has 27 heavy (non-hydrogen) atoms. The van der Waals surface area contributed by atoms with Crippen LogP contribution in [0.25, 0.3) is 0 Å². The molecule has 0 saturated carbocycles. The summed E-state index contributed by atoms with van der Waals surface area (Å²) >= 11 is 0. The van der Waals surface area contributed by atoms with E-state index in [1.165, 1.54) is 22.9 Å². The number of pyridine rings is 1. The lowest BCUT2D eigenvalue weighted by molar-refractivity contribution is -0.118. The number of nitrogens with one attached hydrogen (secondary N) is 2. The van der Waals surface area contributed by atoms with Crippen molar-refractivity contribution in [3.8, 4) is 0 Å². The number of benzene rings is 1. The molecule has 0 radical (unpaired) electrons. The summed E-state index contributed by atoms with van der Waals surface area (Å²) in [7, 11) is 1.60. The van der Waals surface area contributed by atoms with Crippen molar-refractivity contribution in [2.75, 3.05) is 5.32 Å². The number of carbonyl (C=O) groups excluding carboxylic acids is 2. The van der Waals surface area contributed by atoms with Crippen LogP contribution >= 0.6 is 0 Å². The maximum Gasteiger partial charge on any atom is 0.408 e. The van der Waals surface area contributed by atoms with Crippen molar-refractivity contribution in [1.29, 1.82) is 0 Å². The molecule has 2 aromatic rings. The number of carbonyl (C=O) groups is 2. The SMILES string of the molecule is Cn1cc(NC(=O)[C@H](Cc2ccccc2)NC(=O)OC(C)(C)C)ccc1=O. The largest absolute Gasteiger partial charge is 0.444 e. The summed E-state index contributed by atoms with van der Waals surface area (Å²) < 4.78 is 6.63. The average Bonchev–Trinajstić information content (AvgIpc) is 2.57. The predicted octanol–water partition coefficient (Wildman–Crippen LogP) is 2.46. The number of ether oxygens (including phenoxy) is 1. The van der Waals surface area contributed by atoms with Gasteiger partial charge in [0.1, 0.15) is 11.6 Å². The van der Waals surface area contributed by atoms with Crippen molar-refractivity contribution in [2.45, 2.75) is 38.8 Å². The normalized spacial score (nSPS) is 12.1. The number of hydrogen-bond donors (Lipinski definition) is 2.